The van der Waals surface area contributed by atoms with E-state index in [1.165, 1.54) is 5.56 Å². The zero-order valence-electron chi connectivity index (χ0n) is 12.6. The molecule has 1 aromatic rings. The first-order valence-corrected chi connectivity index (χ1v) is 6.63. The lowest BCUT2D eigenvalue weighted by Gasteiger charge is -2.34. The van der Waals surface area contributed by atoms with Crippen molar-refractivity contribution in [1.29, 1.82) is 0 Å². The lowest BCUT2D eigenvalue weighted by Crippen LogP contribution is -2.49. The molecule has 0 heterocycles. The summed E-state index contributed by atoms with van der Waals surface area (Å²) in [5.41, 5.74) is 1.34. The van der Waals surface area contributed by atoms with E-state index in [9.17, 15) is 0 Å². The lowest BCUT2D eigenvalue weighted by molar-refractivity contribution is -0.00601. The normalized spacial score (nSPS) is 14.6. The summed E-state index contributed by atoms with van der Waals surface area (Å²) >= 11 is 0. The zero-order valence-corrected chi connectivity index (χ0v) is 12.6. The topological polar surface area (TPSA) is 21.3 Å². The number of hydrogen-bond donors (Lipinski definition) is 1. The lowest BCUT2D eigenvalue weighted by atomic mass is 9.84. The molecule has 1 rings (SSSR count). The molecule has 18 heavy (non-hydrogen) atoms. The molecular weight excluding hydrogens is 222 g/mol. The van der Waals surface area contributed by atoms with Crippen molar-refractivity contribution in [2.45, 2.75) is 51.7 Å². The van der Waals surface area contributed by atoms with Crippen LogP contribution in [0.15, 0.2) is 30.3 Å². The van der Waals surface area contributed by atoms with E-state index in [2.05, 4.69) is 70.3 Å². The summed E-state index contributed by atoms with van der Waals surface area (Å²) in [5.74, 6) is 0. The fraction of sp³-hybridized carbons (Fsp3) is 0.625. The molecule has 0 bridgehead atoms. The first-order chi connectivity index (χ1) is 8.29. The summed E-state index contributed by atoms with van der Waals surface area (Å²) in [4.78, 5) is 0. The van der Waals surface area contributed by atoms with Gasteiger partial charge in [0.05, 0.1) is 5.60 Å². The van der Waals surface area contributed by atoms with E-state index >= 15 is 0 Å². The molecule has 1 atom stereocenters. The van der Waals surface area contributed by atoms with Gasteiger partial charge in [0.15, 0.2) is 0 Å². The SMILES string of the molecule is COC(C)(C)C(C)NCC(C)(C)c1ccccc1. The third-order valence-electron chi connectivity index (χ3n) is 3.97. The predicted octanol–water partition coefficient (Wildman–Crippen LogP) is 3.37. The first-order valence-electron chi connectivity index (χ1n) is 6.63. The fourth-order valence-electron chi connectivity index (χ4n) is 1.82. The summed E-state index contributed by atoms with van der Waals surface area (Å²) < 4.78 is 5.51. The van der Waals surface area contributed by atoms with Gasteiger partial charge in [-0.15, -0.1) is 0 Å². The van der Waals surface area contributed by atoms with Gasteiger partial charge in [0.25, 0.3) is 0 Å². The highest BCUT2D eigenvalue weighted by atomic mass is 16.5. The monoisotopic (exact) mass is 249 g/mol. The average molecular weight is 249 g/mol. The van der Waals surface area contributed by atoms with E-state index in [1.807, 2.05) is 0 Å². The Kier molecular flexibility index (Phi) is 4.94. The van der Waals surface area contributed by atoms with Gasteiger partial charge in [-0.25, -0.2) is 0 Å². The van der Waals surface area contributed by atoms with Crippen LogP contribution >= 0.6 is 0 Å². The van der Waals surface area contributed by atoms with Crippen molar-refractivity contribution in [3.05, 3.63) is 35.9 Å². The van der Waals surface area contributed by atoms with Crippen molar-refractivity contribution in [1.82, 2.24) is 5.32 Å². The highest BCUT2D eigenvalue weighted by Gasteiger charge is 2.27. The molecule has 1 aromatic carbocycles. The summed E-state index contributed by atoms with van der Waals surface area (Å²) in [7, 11) is 1.76. The third-order valence-corrected chi connectivity index (χ3v) is 3.97. The molecule has 1 unspecified atom stereocenters. The van der Waals surface area contributed by atoms with E-state index in [4.69, 9.17) is 4.74 Å². The maximum Gasteiger partial charge on any atom is 0.0772 e. The van der Waals surface area contributed by atoms with Gasteiger partial charge in [-0.1, -0.05) is 44.2 Å². The quantitative estimate of drug-likeness (QED) is 0.834. The fourth-order valence-corrected chi connectivity index (χ4v) is 1.82. The molecule has 0 aromatic heterocycles. The Bertz CT molecular complexity index is 357. The molecule has 0 spiro atoms. The smallest absolute Gasteiger partial charge is 0.0772 e. The minimum Gasteiger partial charge on any atom is -0.377 e. The molecule has 2 heteroatoms. The Morgan fingerprint density at radius 3 is 2.17 bits per heavy atom. The van der Waals surface area contributed by atoms with E-state index < -0.39 is 0 Å². The van der Waals surface area contributed by atoms with Crippen molar-refractivity contribution in [3.63, 3.8) is 0 Å². The second-order valence-electron chi connectivity index (χ2n) is 6.16. The molecule has 0 amide bonds. The van der Waals surface area contributed by atoms with Gasteiger partial charge in [-0.05, 0) is 26.3 Å². The van der Waals surface area contributed by atoms with Gasteiger partial charge in [0.1, 0.15) is 0 Å². The van der Waals surface area contributed by atoms with Crippen LogP contribution in [0, 0.1) is 0 Å². The average Bonchev–Trinajstić information content (AvgIpc) is 2.37. The Labute approximate surface area is 112 Å². The van der Waals surface area contributed by atoms with Gasteiger partial charge < -0.3 is 10.1 Å². The summed E-state index contributed by atoms with van der Waals surface area (Å²) in [6, 6.07) is 10.9. The number of rotatable bonds is 6. The Morgan fingerprint density at radius 2 is 1.67 bits per heavy atom. The van der Waals surface area contributed by atoms with Crippen LogP contribution in [-0.4, -0.2) is 25.3 Å². The molecule has 0 aliphatic carbocycles. The van der Waals surface area contributed by atoms with Crippen molar-refractivity contribution in [2.75, 3.05) is 13.7 Å². The highest BCUT2D eigenvalue weighted by Crippen LogP contribution is 2.23. The molecule has 0 saturated heterocycles. The van der Waals surface area contributed by atoms with Gasteiger partial charge in [-0.3, -0.25) is 0 Å². The maximum atomic E-state index is 5.51. The van der Waals surface area contributed by atoms with Gasteiger partial charge in [0, 0.05) is 25.1 Å². The van der Waals surface area contributed by atoms with Crippen LogP contribution in [0.1, 0.15) is 40.2 Å². The molecule has 2 nitrogen and oxygen atoms in total. The molecule has 0 aliphatic heterocycles. The molecule has 0 saturated carbocycles. The van der Waals surface area contributed by atoms with Crippen LogP contribution in [0.3, 0.4) is 0 Å². The number of ether oxygens (including phenoxy) is 1. The zero-order chi connectivity index (χ0) is 13.8. The van der Waals surface area contributed by atoms with Crippen molar-refractivity contribution in [3.8, 4) is 0 Å². The minimum atomic E-state index is -0.146. The number of benzene rings is 1. The molecule has 102 valence electrons. The van der Waals surface area contributed by atoms with Crippen molar-refractivity contribution in [2.24, 2.45) is 0 Å². The maximum absolute atomic E-state index is 5.51. The van der Waals surface area contributed by atoms with Crippen molar-refractivity contribution < 1.29 is 4.74 Å². The van der Waals surface area contributed by atoms with Gasteiger partial charge in [0.2, 0.25) is 0 Å². The standard InChI is InChI=1S/C16H27NO/c1-13(16(4,5)18-6)17-12-15(2,3)14-10-8-7-9-11-14/h7-11,13,17H,12H2,1-6H3. The molecule has 0 aliphatic rings. The van der Waals surface area contributed by atoms with Crippen molar-refractivity contribution >= 4 is 0 Å². The third kappa shape index (κ3) is 3.82. The van der Waals surface area contributed by atoms with Crippen LogP contribution in [0.5, 0.6) is 0 Å². The largest absolute Gasteiger partial charge is 0.377 e. The second kappa shape index (κ2) is 5.85. The van der Waals surface area contributed by atoms with Crippen LogP contribution in [-0.2, 0) is 10.2 Å². The van der Waals surface area contributed by atoms with E-state index in [0.29, 0.717) is 6.04 Å². The molecule has 0 radical (unpaired) electrons. The second-order valence-corrected chi connectivity index (χ2v) is 6.16. The van der Waals surface area contributed by atoms with E-state index in [-0.39, 0.29) is 11.0 Å². The van der Waals surface area contributed by atoms with Crippen LogP contribution in [0.4, 0.5) is 0 Å². The molecular formula is C16H27NO. The van der Waals surface area contributed by atoms with Crippen LogP contribution in [0.2, 0.25) is 0 Å². The van der Waals surface area contributed by atoms with Crippen LogP contribution < -0.4 is 5.32 Å². The molecule has 0 fully saturated rings. The number of hydrogen-bond acceptors (Lipinski definition) is 2. The van der Waals surface area contributed by atoms with Gasteiger partial charge in [-0.2, -0.15) is 0 Å². The van der Waals surface area contributed by atoms with E-state index in [1.54, 1.807) is 7.11 Å². The minimum absolute atomic E-state index is 0.124. The number of methoxy groups -OCH3 is 1. The molecule has 1 N–H and O–H groups in total. The Hall–Kier alpha value is -0.860. The highest BCUT2D eigenvalue weighted by molar-refractivity contribution is 5.23. The summed E-state index contributed by atoms with van der Waals surface area (Å²) in [6.07, 6.45) is 0. The Balaban J connectivity index is 2.63. The van der Waals surface area contributed by atoms with E-state index in [0.717, 1.165) is 6.54 Å². The first kappa shape index (κ1) is 15.2. The van der Waals surface area contributed by atoms with Gasteiger partial charge >= 0.3 is 0 Å². The Morgan fingerprint density at radius 1 is 1.11 bits per heavy atom. The predicted molar refractivity (Wildman–Crippen MR) is 78.0 cm³/mol. The number of nitrogens with one attached hydrogen (secondary N) is 1. The summed E-state index contributed by atoms with van der Waals surface area (Å²) in [5, 5.41) is 3.59. The summed E-state index contributed by atoms with van der Waals surface area (Å²) in [6.45, 7) is 11.9. The van der Waals surface area contributed by atoms with Crippen LogP contribution in [0.25, 0.3) is 0 Å².